The maximum Gasteiger partial charge on any atom is 0.535 e. The van der Waals surface area contributed by atoms with Gasteiger partial charge in [-0.3, -0.25) is 15.1 Å². The highest BCUT2D eigenvalue weighted by atomic mass is 16.8. The number of nitrogens with zero attached hydrogens (tertiary/aromatic N) is 4. The lowest BCUT2D eigenvalue weighted by Crippen LogP contribution is -2.24. The Balaban J connectivity index is 2.95. The van der Waals surface area contributed by atoms with Gasteiger partial charge in [0.05, 0.1) is 0 Å². The first-order valence-corrected chi connectivity index (χ1v) is 6.36. The largest absolute Gasteiger partial charge is 0.535 e. The molecular formula is C13H16N5O4+. The maximum atomic E-state index is 11.4. The zero-order valence-corrected chi connectivity index (χ0v) is 12.7. The van der Waals surface area contributed by atoms with Crippen molar-refractivity contribution in [2.75, 3.05) is 6.54 Å². The average molecular weight is 306 g/mol. The molecule has 0 aromatic rings. The number of nitriles is 1. The lowest BCUT2D eigenvalue weighted by molar-refractivity contribution is -0.544. The molecule has 22 heavy (non-hydrogen) atoms. The Bertz CT molecular complexity index is 642. The summed E-state index contributed by atoms with van der Waals surface area (Å²) in [6.45, 7) is 7.26. The fraction of sp³-hybridized carbons (Fsp3) is 0.462. The average Bonchev–Trinajstić information content (AvgIpc) is 2.82. The Morgan fingerprint density at radius 2 is 2.27 bits per heavy atom. The molecule has 0 saturated heterocycles. The second-order valence-electron chi connectivity index (χ2n) is 5.02. The van der Waals surface area contributed by atoms with Crippen molar-refractivity contribution < 1.29 is 23.9 Å². The minimum absolute atomic E-state index is 0.0564. The van der Waals surface area contributed by atoms with E-state index in [4.69, 9.17) is 20.2 Å². The van der Waals surface area contributed by atoms with E-state index in [0.717, 1.165) is 0 Å². The molecule has 0 aromatic heterocycles. The lowest BCUT2D eigenvalue weighted by atomic mass is 10.2. The topological polar surface area (TPSA) is 120 Å². The number of nitrogens with one attached hydrogen (secondary N) is 1. The summed E-state index contributed by atoms with van der Waals surface area (Å²) in [4.78, 5) is 21.0. The Labute approximate surface area is 127 Å². The molecule has 1 rings (SSSR count). The van der Waals surface area contributed by atoms with Gasteiger partial charge in [0.2, 0.25) is 5.28 Å². The predicted octanol–water partition coefficient (Wildman–Crippen LogP) is 2.26. The third-order valence-electron chi connectivity index (χ3n) is 2.15. The monoisotopic (exact) mass is 306 g/mol. The SMILES string of the molecule is CC[N+]1=NOC(=N\OC(=O)OC(C)(C)C)/C1=C\C(=C=N)C#N. The Kier molecular flexibility index (Phi) is 5.55. The molecular weight excluding hydrogens is 290 g/mol. The van der Waals surface area contributed by atoms with Crippen molar-refractivity contribution in [3.8, 4) is 6.07 Å². The maximum absolute atomic E-state index is 11.4. The zero-order chi connectivity index (χ0) is 16.8. The van der Waals surface area contributed by atoms with Crippen LogP contribution in [0.15, 0.2) is 27.8 Å². The molecule has 9 nitrogen and oxygen atoms in total. The molecule has 116 valence electrons. The van der Waals surface area contributed by atoms with Gasteiger partial charge in [-0.15, -0.1) is 0 Å². The Hall–Kier alpha value is -2.98. The van der Waals surface area contributed by atoms with Crippen molar-refractivity contribution in [3.63, 3.8) is 0 Å². The van der Waals surface area contributed by atoms with Crippen LogP contribution in [0, 0.1) is 16.7 Å². The minimum Gasteiger partial charge on any atom is -0.427 e. The number of ether oxygens (including phenoxy) is 1. The molecule has 1 heterocycles. The molecule has 9 heteroatoms. The minimum atomic E-state index is -0.999. The van der Waals surface area contributed by atoms with Crippen molar-refractivity contribution in [3.05, 3.63) is 17.3 Å². The molecule has 0 unspecified atom stereocenters. The summed E-state index contributed by atoms with van der Waals surface area (Å²) >= 11 is 0. The van der Waals surface area contributed by atoms with Gasteiger partial charge in [-0.1, -0.05) is 0 Å². The molecule has 0 saturated carbocycles. The summed E-state index contributed by atoms with van der Waals surface area (Å²) in [6, 6.07) is 1.77. The first kappa shape index (κ1) is 17.1. The predicted molar refractivity (Wildman–Crippen MR) is 74.0 cm³/mol. The van der Waals surface area contributed by atoms with Crippen molar-refractivity contribution in [1.29, 1.82) is 10.7 Å². The van der Waals surface area contributed by atoms with Crippen molar-refractivity contribution in [2.45, 2.75) is 33.3 Å². The normalized spacial score (nSPS) is 17.3. The number of hydrogen-bond donors (Lipinski definition) is 1. The molecule has 0 radical (unpaired) electrons. The second-order valence-corrected chi connectivity index (χ2v) is 5.02. The molecule has 1 aliphatic heterocycles. The quantitative estimate of drug-likeness (QED) is 0.214. The van der Waals surface area contributed by atoms with Gasteiger partial charge in [-0.2, -0.15) is 5.26 Å². The smallest absolute Gasteiger partial charge is 0.427 e. The summed E-state index contributed by atoms with van der Waals surface area (Å²) in [5, 5.41) is 23.0. The first-order chi connectivity index (χ1) is 10.3. The fourth-order valence-electron chi connectivity index (χ4n) is 1.30. The van der Waals surface area contributed by atoms with Crippen LogP contribution in [0.1, 0.15) is 27.7 Å². The van der Waals surface area contributed by atoms with E-state index in [1.807, 2.05) is 5.87 Å². The number of hydrogen-bond acceptors (Lipinski definition) is 8. The first-order valence-electron chi connectivity index (χ1n) is 6.36. The van der Waals surface area contributed by atoms with Gasteiger partial charge in [0.15, 0.2) is 6.54 Å². The molecule has 0 aromatic carbocycles. The highest BCUT2D eigenvalue weighted by molar-refractivity contribution is 5.92. The highest BCUT2D eigenvalue weighted by Crippen LogP contribution is 2.15. The van der Waals surface area contributed by atoms with E-state index in [9.17, 15) is 4.79 Å². The second kappa shape index (κ2) is 7.15. The van der Waals surface area contributed by atoms with Gasteiger partial charge in [0.1, 0.15) is 17.2 Å². The van der Waals surface area contributed by atoms with Crippen LogP contribution in [0.3, 0.4) is 0 Å². The molecule has 1 aliphatic rings. The third kappa shape index (κ3) is 4.85. The van der Waals surface area contributed by atoms with E-state index in [2.05, 4.69) is 15.3 Å². The van der Waals surface area contributed by atoms with Crippen molar-refractivity contribution in [1.82, 2.24) is 0 Å². The molecule has 0 bridgehead atoms. The van der Waals surface area contributed by atoms with E-state index >= 15 is 0 Å². The summed E-state index contributed by atoms with van der Waals surface area (Å²) < 4.78 is 6.30. The molecule has 0 aliphatic carbocycles. The number of likely N-dealkylation sites (N-methyl/N-ethyl adjacent to an activating group) is 1. The zero-order valence-electron chi connectivity index (χ0n) is 12.7. The standard InChI is InChI=1S/C13H16N5O4/c1-5-18-10(6-9(7-14)8-15)11(21-17-18)16-22-12(19)20-13(2,3)4/h6,14H,5H2,1-4H3/q+1/b10-6+,16-11-. The van der Waals surface area contributed by atoms with E-state index in [1.54, 1.807) is 33.8 Å². The summed E-state index contributed by atoms with van der Waals surface area (Å²) in [5.41, 5.74) is -0.509. The van der Waals surface area contributed by atoms with Crippen LogP contribution in [0.25, 0.3) is 0 Å². The van der Waals surface area contributed by atoms with Crippen LogP contribution in [0.2, 0.25) is 0 Å². The molecule has 0 amide bonds. The van der Waals surface area contributed by atoms with Gasteiger partial charge < -0.3 is 4.74 Å². The van der Waals surface area contributed by atoms with Crippen LogP contribution in [-0.4, -0.2) is 34.8 Å². The Morgan fingerprint density at radius 3 is 2.77 bits per heavy atom. The summed E-state index contributed by atoms with van der Waals surface area (Å²) in [5.74, 6) is 1.83. The van der Waals surface area contributed by atoms with E-state index in [0.29, 0.717) is 6.54 Å². The number of rotatable bonds is 3. The third-order valence-corrected chi connectivity index (χ3v) is 2.15. The van der Waals surface area contributed by atoms with Crippen LogP contribution >= 0.6 is 0 Å². The molecule has 0 atom stereocenters. The summed E-state index contributed by atoms with van der Waals surface area (Å²) in [7, 11) is 0. The van der Waals surface area contributed by atoms with Gasteiger partial charge in [0, 0.05) is 6.08 Å². The number of carbonyl (C=O) groups excluding carboxylic acids is 1. The molecule has 1 N–H and O–H groups in total. The van der Waals surface area contributed by atoms with Crippen molar-refractivity contribution >= 4 is 17.9 Å². The van der Waals surface area contributed by atoms with E-state index in [-0.39, 0.29) is 17.2 Å². The van der Waals surface area contributed by atoms with E-state index < -0.39 is 11.8 Å². The number of carbonyl (C=O) groups is 1. The lowest BCUT2D eigenvalue weighted by Gasteiger charge is -2.16. The number of allylic oxidation sites excluding steroid dienone is 2. The Morgan fingerprint density at radius 1 is 1.59 bits per heavy atom. The van der Waals surface area contributed by atoms with Crippen LogP contribution < -0.4 is 0 Å². The van der Waals surface area contributed by atoms with Gasteiger partial charge in [-0.25, -0.2) is 4.79 Å². The summed E-state index contributed by atoms with van der Waals surface area (Å²) in [6.07, 6.45) is 0.297. The molecule has 0 spiro atoms. The van der Waals surface area contributed by atoms with Gasteiger partial charge >= 0.3 is 17.8 Å². The number of oxime groups is 1. The van der Waals surface area contributed by atoms with Crippen LogP contribution in [0.4, 0.5) is 4.79 Å². The highest BCUT2D eigenvalue weighted by Gasteiger charge is 2.33. The van der Waals surface area contributed by atoms with Crippen LogP contribution in [-0.2, 0) is 14.4 Å². The van der Waals surface area contributed by atoms with Gasteiger partial charge in [0.25, 0.3) is 0 Å². The fourth-order valence-corrected chi connectivity index (χ4v) is 1.30. The molecule has 0 fully saturated rings. The van der Waals surface area contributed by atoms with Gasteiger partial charge in [-0.05, 0) is 43.4 Å². The van der Waals surface area contributed by atoms with Crippen molar-refractivity contribution in [2.24, 2.45) is 10.4 Å². The van der Waals surface area contributed by atoms with E-state index in [1.165, 1.54) is 10.8 Å². The van der Waals surface area contributed by atoms with Crippen LogP contribution in [0.5, 0.6) is 0 Å².